The Morgan fingerprint density at radius 1 is 1.25 bits per heavy atom. The number of alkyl halides is 3. The van der Waals surface area contributed by atoms with Gasteiger partial charge in [0.2, 0.25) is 11.7 Å². The minimum absolute atomic E-state index is 0.222. The minimum Gasteiger partial charge on any atom is -0.481 e. The van der Waals surface area contributed by atoms with Crippen LogP contribution in [0.4, 0.5) is 13.2 Å². The van der Waals surface area contributed by atoms with Crippen LogP contribution in [0.1, 0.15) is 27.4 Å². The molecule has 0 N–H and O–H groups in total. The van der Waals surface area contributed by atoms with Crippen molar-refractivity contribution in [2.75, 3.05) is 7.11 Å². The Morgan fingerprint density at radius 3 is 2.79 bits per heavy atom. The lowest BCUT2D eigenvalue weighted by Crippen LogP contribution is -2.23. The highest BCUT2D eigenvalue weighted by Gasteiger charge is 2.38. The van der Waals surface area contributed by atoms with Crippen molar-refractivity contribution in [1.29, 1.82) is 0 Å². The van der Waals surface area contributed by atoms with Crippen molar-refractivity contribution in [3.05, 3.63) is 59.1 Å². The van der Waals surface area contributed by atoms with Gasteiger partial charge in [-0.1, -0.05) is 17.3 Å². The van der Waals surface area contributed by atoms with Crippen LogP contribution >= 0.6 is 0 Å². The molecule has 0 saturated heterocycles. The van der Waals surface area contributed by atoms with Crippen LogP contribution in [0.2, 0.25) is 0 Å². The average Bonchev–Trinajstić information content (AvgIpc) is 3.28. The molecule has 7 nitrogen and oxygen atoms in total. The Balaban J connectivity index is 1.57. The third-order valence-electron chi connectivity index (χ3n) is 4.30. The molecule has 0 radical (unpaired) electrons. The van der Waals surface area contributed by atoms with Crippen LogP contribution in [0.15, 0.2) is 41.1 Å². The van der Waals surface area contributed by atoms with Crippen LogP contribution < -0.4 is 4.74 Å². The Labute approximate surface area is 156 Å². The molecule has 0 aliphatic carbocycles. The molecule has 2 aromatic heterocycles. The van der Waals surface area contributed by atoms with E-state index in [4.69, 9.17) is 4.74 Å². The summed E-state index contributed by atoms with van der Waals surface area (Å²) in [6.45, 7) is 0.737. The third-order valence-corrected chi connectivity index (χ3v) is 4.30. The van der Waals surface area contributed by atoms with E-state index in [9.17, 15) is 18.0 Å². The van der Waals surface area contributed by atoms with Crippen molar-refractivity contribution >= 4 is 5.91 Å². The topological polar surface area (TPSA) is 81.4 Å². The number of carbonyl (C=O) groups excluding carboxylic acids is 1. The quantitative estimate of drug-likeness (QED) is 0.680. The number of hydrogen-bond donors (Lipinski definition) is 0. The van der Waals surface area contributed by atoms with Crippen LogP contribution in [-0.4, -0.2) is 33.0 Å². The summed E-state index contributed by atoms with van der Waals surface area (Å²) in [7, 11) is 1.51. The maximum Gasteiger partial charge on any atom is 0.471 e. The van der Waals surface area contributed by atoms with E-state index in [0.29, 0.717) is 24.5 Å². The molecule has 3 aromatic rings. The van der Waals surface area contributed by atoms with E-state index < -0.39 is 12.1 Å². The predicted molar refractivity (Wildman–Crippen MR) is 89.1 cm³/mol. The number of carbonyl (C=O) groups is 1. The van der Waals surface area contributed by atoms with Gasteiger partial charge in [-0.25, -0.2) is 4.98 Å². The third kappa shape index (κ3) is 3.28. The van der Waals surface area contributed by atoms with Gasteiger partial charge in [-0.15, -0.1) is 0 Å². The summed E-state index contributed by atoms with van der Waals surface area (Å²) < 4.78 is 47.3. The monoisotopic (exact) mass is 390 g/mol. The molecule has 10 heteroatoms. The van der Waals surface area contributed by atoms with Gasteiger partial charge in [0.25, 0.3) is 5.91 Å². The first-order chi connectivity index (χ1) is 13.3. The molecular weight excluding hydrogens is 377 g/mol. The number of nitrogens with zero attached hydrogens (tertiary/aromatic N) is 4. The van der Waals surface area contributed by atoms with E-state index in [1.165, 1.54) is 13.2 Å². The smallest absolute Gasteiger partial charge is 0.471 e. The first kappa shape index (κ1) is 18.0. The number of amides is 1. The fraction of sp³-hybridized carbons (Fsp3) is 0.222. The number of fused-ring (bicyclic) bond motifs is 1. The molecule has 0 saturated carbocycles. The van der Waals surface area contributed by atoms with Crippen LogP contribution in [0.3, 0.4) is 0 Å². The normalized spacial score (nSPS) is 13.7. The molecule has 4 rings (SSSR count). The molecule has 1 aromatic carbocycles. The van der Waals surface area contributed by atoms with E-state index in [0.717, 1.165) is 11.1 Å². The summed E-state index contributed by atoms with van der Waals surface area (Å²) in [5, 5.41) is 3.36. The molecule has 0 bridgehead atoms. The molecule has 0 atom stereocenters. The number of methoxy groups -OCH3 is 1. The van der Waals surface area contributed by atoms with Gasteiger partial charge in [-0.3, -0.25) is 4.79 Å². The Kier molecular flexibility index (Phi) is 4.25. The molecule has 0 fully saturated rings. The van der Waals surface area contributed by atoms with Crippen LogP contribution in [0.5, 0.6) is 5.88 Å². The maximum atomic E-state index is 12.7. The van der Waals surface area contributed by atoms with Gasteiger partial charge >= 0.3 is 12.1 Å². The Morgan fingerprint density at radius 2 is 2.07 bits per heavy atom. The van der Waals surface area contributed by atoms with E-state index in [-0.39, 0.29) is 17.3 Å². The van der Waals surface area contributed by atoms with Crippen molar-refractivity contribution in [3.8, 4) is 17.3 Å². The highest BCUT2D eigenvalue weighted by Crippen LogP contribution is 2.32. The van der Waals surface area contributed by atoms with Crippen molar-refractivity contribution in [1.82, 2.24) is 20.0 Å². The van der Waals surface area contributed by atoms with Gasteiger partial charge in [0.05, 0.1) is 7.11 Å². The molecule has 0 unspecified atom stereocenters. The van der Waals surface area contributed by atoms with E-state index in [1.54, 1.807) is 35.4 Å². The lowest BCUT2D eigenvalue weighted by Gasteiger charge is -2.15. The zero-order valence-corrected chi connectivity index (χ0v) is 14.5. The molecular formula is C18H13F3N4O3. The summed E-state index contributed by atoms with van der Waals surface area (Å²) in [5.41, 5.74) is 2.30. The number of benzene rings is 1. The van der Waals surface area contributed by atoms with E-state index in [1.807, 2.05) is 0 Å². The molecule has 1 aliphatic heterocycles. The highest BCUT2D eigenvalue weighted by atomic mass is 19.4. The second-order valence-corrected chi connectivity index (χ2v) is 6.16. The van der Waals surface area contributed by atoms with Crippen molar-refractivity contribution in [3.63, 3.8) is 0 Å². The Hall–Kier alpha value is -3.43. The lowest BCUT2D eigenvalue weighted by molar-refractivity contribution is -0.159. The number of ether oxygens (including phenoxy) is 1. The zero-order chi connectivity index (χ0) is 19.9. The molecule has 0 spiro atoms. The van der Waals surface area contributed by atoms with Crippen molar-refractivity contribution in [2.24, 2.45) is 0 Å². The summed E-state index contributed by atoms with van der Waals surface area (Å²) in [4.78, 5) is 21.8. The number of rotatable bonds is 4. The molecule has 3 heterocycles. The average molecular weight is 390 g/mol. The standard InChI is InChI=1S/C18H13F3N4O3/c1-27-14-6-10(4-5-22-14)8-25-9-12-3-2-11(7-13(12)16(25)26)15-23-17(28-24-15)18(19,20)21/h2-7H,8-9H2,1H3. The van der Waals surface area contributed by atoms with E-state index >= 15 is 0 Å². The molecule has 1 amide bonds. The molecule has 28 heavy (non-hydrogen) atoms. The number of hydrogen-bond acceptors (Lipinski definition) is 6. The predicted octanol–water partition coefficient (Wildman–Crippen LogP) is 3.32. The van der Waals surface area contributed by atoms with Gasteiger partial charge in [-0.2, -0.15) is 18.2 Å². The van der Waals surface area contributed by atoms with Gasteiger partial charge in [0.1, 0.15) is 0 Å². The van der Waals surface area contributed by atoms with Gasteiger partial charge in [-0.05, 0) is 23.3 Å². The van der Waals surface area contributed by atoms with Crippen molar-refractivity contribution < 1.29 is 27.2 Å². The number of aromatic nitrogens is 3. The first-order valence-electron chi connectivity index (χ1n) is 8.17. The number of pyridine rings is 1. The summed E-state index contributed by atoms with van der Waals surface area (Å²) in [6, 6.07) is 8.24. The number of halogens is 3. The Bertz CT molecular complexity index is 1050. The zero-order valence-electron chi connectivity index (χ0n) is 14.5. The summed E-state index contributed by atoms with van der Waals surface area (Å²) >= 11 is 0. The second kappa shape index (κ2) is 6.63. The summed E-state index contributed by atoms with van der Waals surface area (Å²) in [6.07, 6.45) is -3.13. The molecule has 1 aliphatic rings. The van der Waals surface area contributed by atoms with Crippen LogP contribution in [-0.2, 0) is 19.3 Å². The fourth-order valence-corrected chi connectivity index (χ4v) is 2.96. The molecule has 144 valence electrons. The van der Waals surface area contributed by atoms with Crippen LogP contribution in [0.25, 0.3) is 11.4 Å². The van der Waals surface area contributed by atoms with Gasteiger partial charge in [0.15, 0.2) is 0 Å². The van der Waals surface area contributed by atoms with Crippen LogP contribution in [0, 0.1) is 0 Å². The van der Waals surface area contributed by atoms with Gasteiger partial charge < -0.3 is 14.2 Å². The SMILES string of the molecule is COc1cc(CN2Cc3ccc(-c4noc(C(F)(F)F)n4)cc3C2=O)ccn1. The fourth-order valence-electron chi connectivity index (χ4n) is 2.96. The largest absolute Gasteiger partial charge is 0.481 e. The summed E-state index contributed by atoms with van der Waals surface area (Å²) in [5.74, 6) is -1.43. The first-order valence-corrected chi connectivity index (χ1v) is 8.17. The second-order valence-electron chi connectivity index (χ2n) is 6.16. The van der Waals surface area contributed by atoms with E-state index in [2.05, 4.69) is 19.6 Å². The maximum absolute atomic E-state index is 12.7. The van der Waals surface area contributed by atoms with Crippen molar-refractivity contribution in [2.45, 2.75) is 19.3 Å². The van der Waals surface area contributed by atoms with Gasteiger partial charge in [0, 0.05) is 36.5 Å². The lowest BCUT2D eigenvalue weighted by atomic mass is 10.1. The minimum atomic E-state index is -4.72. The highest BCUT2D eigenvalue weighted by molar-refractivity contribution is 5.99.